The van der Waals surface area contributed by atoms with Crippen LogP contribution >= 0.6 is 0 Å². The highest BCUT2D eigenvalue weighted by atomic mass is 14.1. The highest BCUT2D eigenvalue weighted by molar-refractivity contribution is 5.73. The maximum Gasteiger partial charge on any atom is -0.0187 e. The zero-order chi connectivity index (χ0) is 13.5. The second kappa shape index (κ2) is 6.75. The van der Waals surface area contributed by atoms with Crippen molar-refractivity contribution in [3.05, 3.63) is 90.5 Å². The van der Waals surface area contributed by atoms with Gasteiger partial charge in [0.15, 0.2) is 0 Å². The highest BCUT2D eigenvalue weighted by Crippen LogP contribution is 2.19. The van der Waals surface area contributed by atoms with Crippen molar-refractivity contribution in [1.29, 1.82) is 0 Å². The molecule has 0 heteroatoms. The van der Waals surface area contributed by atoms with E-state index in [2.05, 4.69) is 74.2 Å². The van der Waals surface area contributed by atoms with Crippen LogP contribution in [-0.4, -0.2) is 0 Å². The average Bonchev–Trinajstić information content (AvgIpc) is 2.47. The van der Waals surface area contributed by atoms with E-state index in [1.54, 1.807) is 0 Å². The Balaban J connectivity index is 2.12. The molecule has 0 saturated carbocycles. The molecular weight excluding hydrogens is 228 g/mol. The zero-order valence-electron chi connectivity index (χ0n) is 11.4. The number of benzene rings is 2. The molecule has 0 bridgehead atoms. The van der Waals surface area contributed by atoms with Crippen molar-refractivity contribution in [2.45, 2.75) is 13.3 Å². The SMILES string of the molecule is C=C/C(=C\C(C)Cc1ccccc1)c1ccccc1. The van der Waals surface area contributed by atoms with Crippen LogP contribution in [0.25, 0.3) is 5.57 Å². The minimum absolute atomic E-state index is 0.496. The van der Waals surface area contributed by atoms with Gasteiger partial charge in [-0.1, -0.05) is 86.3 Å². The Bertz CT molecular complexity index is 535. The summed E-state index contributed by atoms with van der Waals surface area (Å²) >= 11 is 0. The van der Waals surface area contributed by atoms with Crippen molar-refractivity contribution < 1.29 is 0 Å². The summed E-state index contributed by atoms with van der Waals surface area (Å²) in [6.45, 7) is 6.18. The van der Waals surface area contributed by atoms with Gasteiger partial charge in [-0.2, -0.15) is 0 Å². The summed E-state index contributed by atoms with van der Waals surface area (Å²) in [7, 11) is 0. The molecular formula is C19H20. The van der Waals surface area contributed by atoms with E-state index < -0.39 is 0 Å². The Hall–Kier alpha value is -2.08. The molecule has 0 spiro atoms. The summed E-state index contributed by atoms with van der Waals surface area (Å²) in [4.78, 5) is 0. The molecule has 0 heterocycles. The van der Waals surface area contributed by atoms with Crippen LogP contribution in [-0.2, 0) is 6.42 Å². The molecule has 0 aliphatic rings. The quantitative estimate of drug-likeness (QED) is 0.643. The maximum absolute atomic E-state index is 3.93. The predicted octanol–water partition coefficient (Wildman–Crippen LogP) is 5.13. The fourth-order valence-electron chi connectivity index (χ4n) is 2.26. The van der Waals surface area contributed by atoms with E-state index in [0.29, 0.717) is 5.92 Å². The van der Waals surface area contributed by atoms with Gasteiger partial charge in [-0.25, -0.2) is 0 Å². The van der Waals surface area contributed by atoms with Gasteiger partial charge in [0.1, 0.15) is 0 Å². The van der Waals surface area contributed by atoms with Gasteiger partial charge in [0, 0.05) is 0 Å². The van der Waals surface area contributed by atoms with Crippen molar-refractivity contribution >= 4 is 5.57 Å². The molecule has 1 atom stereocenters. The lowest BCUT2D eigenvalue weighted by molar-refractivity contribution is 0.725. The summed E-state index contributed by atoms with van der Waals surface area (Å²) in [6, 6.07) is 21.0. The standard InChI is InChI=1S/C19H20/c1-3-18(19-12-8-5-9-13-19)15-16(2)14-17-10-6-4-7-11-17/h3-13,15-16H,1,14H2,2H3/b18-15+. The van der Waals surface area contributed by atoms with Gasteiger partial charge in [0.25, 0.3) is 0 Å². The topological polar surface area (TPSA) is 0 Å². The molecule has 0 amide bonds. The van der Waals surface area contributed by atoms with Crippen molar-refractivity contribution in [3.63, 3.8) is 0 Å². The third-order valence-electron chi connectivity index (χ3n) is 3.19. The van der Waals surface area contributed by atoms with Crippen LogP contribution in [0.2, 0.25) is 0 Å². The van der Waals surface area contributed by atoms with Crippen LogP contribution in [0.5, 0.6) is 0 Å². The number of hydrogen-bond donors (Lipinski definition) is 0. The lowest BCUT2D eigenvalue weighted by Gasteiger charge is -2.09. The first-order valence-electron chi connectivity index (χ1n) is 6.73. The molecule has 0 radical (unpaired) electrons. The smallest absolute Gasteiger partial charge is 0.0187 e. The van der Waals surface area contributed by atoms with Crippen molar-refractivity contribution in [1.82, 2.24) is 0 Å². The predicted molar refractivity (Wildman–Crippen MR) is 83.9 cm³/mol. The van der Waals surface area contributed by atoms with E-state index in [4.69, 9.17) is 0 Å². The third-order valence-corrected chi connectivity index (χ3v) is 3.19. The highest BCUT2D eigenvalue weighted by Gasteiger charge is 2.03. The van der Waals surface area contributed by atoms with E-state index in [1.807, 2.05) is 12.1 Å². The van der Waals surface area contributed by atoms with Crippen LogP contribution in [0.4, 0.5) is 0 Å². The van der Waals surface area contributed by atoms with Gasteiger partial charge < -0.3 is 0 Å². The first kappa shape index (κ1) is 13.4. The van der Waals surface area contributed by atoms with Crippen LogP contribution in [0.3, 0.4) is 0 Å². The van der Waals surface area contributed by atoms with Gasteiger partial charge in [0.05, 0.1) is 0 Å². The Morgan fingerprint density at radius 2 is 1.58 bits per heavy atom. The zero-order valence-corrected chi connectivity index (χ0v) is 11.4. The number of rotatable bonds is 5. The number of allylic oxidation sites excluding steroid dienone is 3. The third kappa shape index (κ3) is 3.96. The average molecular weight is 248 g/mol. The van der Waals surface area contributed by atoms with Gasteiger partial charge in [0.2, 0.25) is 0 Å². The van der Waals surface area contributed by atoms with Crippen molar-refractivity contribution in [2.75, 3.05) is 0 Å². The second-order valence-corrected chi connectivity index (χ2v) is 4.86. The minimum Gasteiger partial charge on any atom is -0.0985 e. The molecule has 2 aromatic carbocycles. The Morgan fingerprint density at radius 3 is 2.16 bits per heavy atom. The van der Waals surface area contributed by atoms with Crippen molar-refractivity contribution in [3.8, 4) is 0 Å². The van der Waals surface area contributed by atoms with E-state index in [1.165, 1.54) is 16.7 Å². The second-order valence-electron chi connectivity index (χ2n) is 4.86. The Morgan fingerprint density at radius 1 is 1.00 bits per heavy atom. The van der Waals surface area contributed by atoms with Gasteiger partial charge in [-0.15, -0.1) is 0 Å². The fraction of sp³-hybridized carbons (Fsp3) is 0.158. The maximum atomic E-state index is 3.93. The Kier molecular flexibility index (Phi) is 4.74. The molecule has 0 N–H and O–H groups in total. The van der Waals surface area contributed by atoms with Crippen LogP contribution < -0.4 is 0 Å². The summed E-state index contributed by atoms with van der Waals surface area (Å²) in [6.07, 6.45) is 5.30. The van der Waals surface area contributed by atoms with Crippen LogP contribution in [0.15, 0.2) is 79.4 Å². The normalized spacial score (nSPS) is 13.0. The van der Waals surface area contributed by atoms with E-state index in [9.17, 15) is 0 Å². The monoisotopic (exact) mass is 248 g/mol. The molecule has 0 aliphatic carbocycles. The van der Waals surface area contributed by atoms with Gasteiger partial charge >= 0.3 is 0 Å². The first-order valence-corrected chi connectivity index (χ1v) is 6.73. The summed E-state index contributed by atoms with van der Waals surface area (Å²) in [5.74, 6) is 0.496. The molecule has 19 heavy (non-hydrogen) atoms. The van der Waals surface area contributed by atoms with E-state index >= 15 is 0 Å². The molecule has 2 aromatic rings. The van der Waals surface area contributed by atoms with E-state index in [-0.39, 0.29) is 0 Å². The van der Waals surface area contributed by atoms with Crippen molar-refractivity contribution in [2.24, 2.45) is 5.92 Å². The Labute approximate surface area is 116 Å². The largest absolute Gasteiger partial charge is 0.0985 e. The minimum atomic E-state index is 0.496. The molecule has 96 valence electrons. The summed E-state index contributed by atoms with van der Waals surface area (Å²) < 4.78 is 0. The molecule has 1 unspecified atom stereocenters. The molecule has 0 aliphatic heterocycles. The van der Waals surface area contributed by atoms with Crippen LogP contribution in [0.1, 0.15) is 18.1 Å². The first-order chi connectivity index (χ1) is 9.29. The fourth-order valence-corrected chi connectivity index (χ4v) is 2.26. The van der Waals surface area contributed by atoms with Crippen LogP contribution in [0, 0.1) is 5.92 Å². The number of hydrogen-bond acceptors (Lipinski definition) is 0. The molecule has 0 fully saturated rings. The molecule has 2 rings (SSSR count). The van der Waals surface area contributed by atoms with Gasteiger partial charge in [-0.05, 0) is 29.0 Å². The molecule has 0 nitrogen and oxygen atoms in total. The lowest BCUT2D eigenvalue weighted by atomic mass is 9.96. The molecule has 0 aromatic heterocycles. The van der Waals surface area contributed by atoms with Gasteiger partial charge in [-0.3, -0.25) is 0 Å². The lowest BCUT2D eigenvalue weighted by Crippen LogP contribution is -1.97. The van der Waals surface area contributed by atoms with E-state index in [0.717, 1.165) is 6.42 Å². The molecule has 0 saturated heterocycles. The summed E-state index contributed by atoms with van der Waals surface area (Å²) in [5, 5.41) is 0. The summed E-state index contributed by atoms with van der Waals surface area (Å²) in [5.41, 5.74) is 3.82.